The number of nitrogens with one attached hydrogen (secondary N) is 2. The van der Waals surface area contributed by atoms with Gasteiger partial charge in [-0.15, -0.1) is 0 Å². The average molecular weight is 363 g/mol. The molecule has 0 unspecified atom stereocenters. The Morgan fingerprint density at radius 2 is 1.85 bits per heavy atom. The number of fused-ring (bicyclic) bond motifs is 1. The van der Waals surface area contributed by atoms with Crippen molar-refractivity contribution in [3.63, 3.8) is 0 Å². The predicted molar refractivity (Wildman–Crippen MR) is 107 cm³/mol. The molecule has 3 aromatic carbocycles. The number of phenols is 2. The van der Waals surface area contributed by atoms with Gasteiger partial charge >= 0.3 is 0 Å². The van der Waals surface area contributed by atoms with Crippen molar-refractivity contribution in [3.05, 3.63) is 65.2 Å². The van der Waals surface area contributed by atoms with Crippen molar-refractivity contribution in [2.45, 2.75) is 13.8 Å². The van der Waals surface area contributed by atoms with Crippen LogP contribution in [0.5, 0.6) is 11.5 Å². The molecule has 0 aliphatic heterocycles. The van der Waals surface area contributed by atoms with Crippen molar-refractivity contribution in [2.75, 3.05) is 11.9 Å². The fourth-order valence-corrected chi connectivity index (χ4v) is 2.83. The number of carbonyl (C=O) groups is 1. The first-order valence-corrected chi connectivity index (χ1v) is 8.53. The highest BCUT2D eigenvalue weighted by atomic mass is 16.3. The van der Waals surface area contributed by atoms with E-state index in [2.05, 4.69) is 15.8 Å². The Bertz CT molecular complexity index is 1020. The monoisotopic (exact) mass is 363 g/mol. The summed E-state index contributed by atoms with van der Waals surface area (Å²) in [6.07, 6.45) is 1.37. The number of hydrogen-bond donors (Lipinski definition) is 4. The Morgan fingerprint density at radius 1 is 1.11 bits per heavy atom. The molecule has 0 aromatic heterocycles. The molecule has 0 aliphatic carbocycles. The maximum Gasteiger partial charge on any atom is 0.259 e. The van der Waals surface area contributed by atoms with E-state index in [4.69, 9.17) is 0 Å². The molecule has 138 valence electrons. The van der Waals surface area contributed by atoms with Crippen LogP contribution in [0.4, 0.5) is 5.69 Å². The van der Waals surface area contributed by atoms with Crippen molar-refractivity contribution in [3.8, 4) is 11.5 Å². The summed E-state index contributed by atoms with van der Waals surface area (Å²) in [5.41, 5.74) is 4.78. The van der Waals surface area contributed by atoms with Gasteiger partial charge in [0.15, 0.2) is 0 Å². The highest BCUT2D eigenvalue weighted by molar-refractivity contribution is 5.95. The summed E-state index contributed by atoms with van der Waals surface area (Å²) >= 11 is 0. The van der Waals surface area contributed by atoms with Crippen molar-refractivity contribution >= 4 is 28.6 Å². The molecule has 1 amide bonds. The third kappa shape index (κ3) is 4.00. The van der Waals surface area contributed by atoms with Gasteiger partial charge in [0.25, 0.3) is 5.91 Å². The number of carbonyl (C=O) groups excluding carboxylic acids is 1. The van der Waals surface area contributed by atoms with Gasteiger partial charge in [-0.1, -0.05) is 36.4 Å². The lowest BCUT2D eigenvalue weighted by Gasteiger charge is -2.10. The topological polar surface area (TPSA) is 93.9 Å². The van der Waals surface area contributed by atoms with Gasteiger partial charge in [0.05, 0.1) is 12.8 Å². The van der Waals surface area contributed by atoms with Crippen LogP contribution in [0.15, 0.2) is 53.6 Å². The summed E-state index contributed by atoms with van der Waals surface area (Å²) in [7, 11) is 0. The van der Waals surface area contributed by atoms with E-state index in [9.17, 15) is 15.0 Å². The molecule has 0 saturated carbocycles. The average Bonchev–Trinajstić information content (AvgIpc) is 2.67. The lowest BCUT2D eigenvalue weighted by atomic mass is 10.0. The van der Waals surface area contributed by atoms with Gasteiger partial charge < -0.3 is 15.5 Å². The first-order valence-electron chi connectivity index (χ1n) is 8.53. The molecule has 0 radical (unpaired) electrons. The second-order valence-corrected chi connectivity index (χ2v) is 6.27. The molecular formula is C21H21N3O3. The van der Waals surface area contributed by atoms with E-state index < -0.39 is 0 Å². The molecule has 0 atom stereocenters. The molecule has 0 spiro atoms. The predicted octanol–water partition coefficient (Wildman–Crippen LogP) is 3.43. The number of amides is 1. The number of hydrazone groups is 1. The van der Waals surface area contributed by atoms with Crippen LogP contribution in [-0.4, -0.2) is 28.9 Å². The molecule has 0 bridgehead atoms. The minimum atomic E-state index is -0.313. The van der Waals surface area contributed by atoms with E-state index in [1.54, 1.807) is 19.9 Å². The molecule has 6 nitrogen and oxygen atoms in total. The number of phenolic OH excluding ortho intramolecular Hbond substituents is 2. The van der Waals surface area contributed by atoms with E-state index in [0.717, 1.165) is 16.5 Å². The first kappa shape index (κ1) is 18.3. The maximum absolute atomic E-state index is 12.0. The van der Waals surface area contributed by atoms with Crippen molar-refractivity contribution in [2.24, 2.45) is 5.10 Å². The summed E-state index contributed by atoms with van der Waals surface area (Å²) in [6, 6.07) is 15.3. The van der Waals surface area contributed by atoms with Crippen LogP contribution in [0.25, 0.3) is 10.8 Å². The zero-order valence-corrected chi connectivity index (χ0v) is 15.2. The number of aryl methyl sites for hydroxylation is 1. The second kappa shape index (κ2) is 7.78. The van der Waals surface area contributed by atoms with Crippen LogP contribution in [0, 0.1) is 13.8 Å². The minimum absolute atomic E-state index is 0.0190. The molecule has 0 heterocycles. The molecule has 6 heteroatoms. The van der Waals surface area contributed by atoms with Gasteiger partial charge in [0, 0.05) is 22.2 Å². The van der Waals surface area contributed by atoms with Gasteiger partial charge in [0.2, 0.25) is 0 Å². The first-order chi connectivity index (χ1) is 13.0. The SMILES string of the molecule is Cc1cc(O)c(C)c(O)c1/C=N/NC(=O)CNc1cccc2ccccc12. The quantitative estimate of drug-likeness (QED) is 0.413. The normalized spacial score (nSPS) is 11.0. The van der Waals surface area contributed by atoms with Crippen molar-refractivity contribution in [1.82, 2.24) is 5.43 Å². The summed E-state index contributed by atoms with van der Waals surface area (Å²) in [4.78, 5) is 12.0. The van der Waals surface area contributed by atoms with Gasteiger partial charge in [0.1, 0.15) is 11.5 Å². The van der Waals surface area contributed by atoms with Crippen LogP contribution in [0.1, 0.15) is 16.7 Å². The van der Waals surface area contributed by atoms with Crippen molar-refractivity contribution < 1.29 is 15.0 Å². The number of hydrogen-bond acceptors (Lipinski definition) is 5. The largest absolute Gasteiger partial charge is 0.508 e. The van der Waals surface area contributed by atoms with E-state index in [1.165, 1.54) is 6.21 Å². The number of aromatic hydroxyl groups is 2. The number of benzene rings is 3. The fourth-order valence-electron chi connectivity index (χ4n) is 2.83. The highest BCUT2D eigenvalue weighted by Gasteiger charge is 2.10. The molecule has 4 N–H and O–H groups in total. The molecular weight excluding hydrogens is 342 g/mol. The van der Waals surface area contributed by atoms with Crippen molar-refractivity contribution in [1.29, 1.82) is 0 Å². The molecule has 3 rings (SSSR count). The zero-order chi connectivity index (χ0) is 19.4. The fraction of sp³-hybridized carbons (Fsp3) is 0.143. The Hall–Kier alpha value is -3.54. The summed E-state index contributed by atoms with van der Waals surface area (Å²) in [5.74, 6) is -0.350. The number of rotatable bonds is 5. The summed E-state index contributed by atoms with van der Waals surface area (Å²) in [5, 5.41) is 28.9. The molecule has 27 heavy (non-hydrogen) atoms. The lowest BCUT2D eigenvalue weighted by Crippen LogP contribution is -2.26. The van der Waals surface area contributed by atoms with Crippen LogP contribution in [0.2, 0.25) is 0 Å². The van der Waals surface area contributed by atoms with Crippen LogP contribution in [0.3, 0.4) is 0 Å². The molecule has 0 saturated heterocycles. The van der Waals surface area contributed by atoms with Gasteiger partial charge in [-0.3, -0.25) is 4.79 Å². The van der Waals surface area contributed by atoms with E-state index in [1.807, 2.05) is 42.5 Å². The second-order valence-electron chi connectivity index (χ2n) is 6.27. The Morgan fingerprint density at radius 3 is 2.67 bits per heavy atom. The maximum atomic E-state index is 12.0. The molecule has 3 aromatic rings. The minimum Gasteiger partial charge on any atom is -0.508 e. The zero-order valence-electron chi connectivity index (χ0n) is 15.2. The summed E-state index contributed by atoms with van der Waals surface area (Å²) in [6.45, 7) is 3.41. The van der Waals surface area contributed by atoms with E-state index >= 15 is 0 Å². The smallest absolute Gasteiger partial charge is 0.259 e. The van der Waals surface area contributed by atoms with Gasteiger partial charge in [-0.2, -0.15) is 5.10 Å². The Kier molecular flexibility index (Phi) is 5.26. The third-order valence-electron chi connectivity index (χ3n) is 4.38. The van der Waals surface area contributed by atoms with Crippen LogP contribution in [-0.2, 0) is 4.79 Å². The van der Waals surface area contributed by atoms with Gasteiger partial charge in [-0.05, 0) is 36.9 Å². The molecule has 0 fully saturated rings. The van der Waals surface area contributed by atoms with Crippen LogP contribution < -0.4 is 10.7 Å². The number of anilines is 1. The standard InChI is InChI=1S/C21H21N3O3/c1-13-10-19(25)14(2)21(27)17(13)11-23-24-20(26)12-22-18-9-5-7-15-6-3-4-8-16(15)18/h3-11,22,25,27H,12H2,1-2H3,(H,24,26)/b23-11+. The number of nitrogens with zero attached hydrogens (tertiary/aromatic N) is 1. The van der Waals surface area contributed by atoms with E-state index in [0.29, 0.717) is 16.7 Å². The highest BCUT2D eigenvalue weighted by Crippen LogP contribution is 2.31. The molecule has 0 aliphatic rings. The van der Waals surface area contributed by atoms with E-state index in [-0.39, 0.29) is 24.0 Å². The lowest BCUT2D eigenvalue weighted by molar-refractivity contribution is -0.119. The Labute approximate surface area is 157 Å². The summed E-state index contributed by atoms with van der Waals surface area (Å²) < 4.78 is 0. The van der Waals surface area contributed by atoms with Crippen LogP contribution >= 0.6 is 0 Å². The third-order valence-corrected chi connectivity index (χ3v) is 4.38. The Balaban J connectivity index is 1.64. The van der Waals surface area contributed by atoms with Gasteiger partial charge in [-0.25, -0.2) is 5.43 Å².